The average Bonchev–Trinajstić information content (AvgIpc) is 2.19. The number of rotatable bonds is 3. The highest BCUT2D eigenvalue weighted by Crippen LogP contribution is 2.25. The van der Waals surface area contributed by atoms with Crippen LogP contribution in [-0.4, -0.2) is 18.1 Å². The van der Waals surface area contributed by atoms with Crippen molar-refractivity contribution < 1.29 is 0 Å². The molecule has 0 aromatic carbocycles. The van der Waals surface area contributed by atoms with Crippen LogP contribution in [0.2, 0.25) is 5.15 Å². The molecule has 15 heavy (non-hydrogen) atoms. The van der Waals surface area contributed by atoms with Crippen molar-refractivity contribution in [2.45, 2.75) is 26.8 Å². The Morgan fingerprint density at radius 1 is 1.33 bits per heavy atom. The second-order valence-electron chi connectivity index (χ2n) is 4.14. The smallest absolute Gasteiger partial charge is 0.153 e. The Balaban J connectivity index is 2.99. The van der Waals surface area contributed by atoms with Gasteiger partial charge in [0, 0.05) is 13.1 Å². The van der Waals surface area contributed by atoms with E-state index in [2.05, 4.69) is 30.7 Å². The summed E-state index contributed by atoms with van der Waals surface area (Å²) in [5, 5.41) is 0.474. The molecule has 1 aromatic rings. The van der Waals surface area contributed by atoms with Crippen LogP contribution in [0.25, 0.3) is 0 Å². The molecule has 0 aliphatic carbocycles. The third-order valence-corrected chi connectivity index (χ3v) is 2.99. The average molecular weight is 228 g/mol. The Morgan fingerprint density at radius 2 is 1.93 bits per heavy atom. The van der Waals surface area contributed by atoms with E-state index in [1.54, 1.807) is 12.1 Å². The summed E-state index contributed by atoms with van der Waals surface area (Å²) in [5.74, 6) is 1.29. The van der Waals surface area contributed by atoms with Gasteiger partial charge in [0.1, 0.15) is 5.15 Å². The molecular formula is C11H18ClN3. The largest absolute Gasteiger partial charge is 0.396 e. The van der Waals surface area contributed by atoms with Crippen LogP contribution in [0.3, 0.4) is 0 Å². The molecule has 84 valence electrons. The van der Waals surface area contributed by atoms with Crippen molar-refractivity contribution in [1.82, 2.24) is 4.98 Å². The Bertz CT molecular complexity index is 339. The number of hydrogen-bond acceptors (Lipinski definition) is 3. The molecular weight excluding hydrogens is 210 g/mol. The SMILES string of the molecule is CC(C)C(C)N(C)c1nc(Cl)ccc1N. The first-order valence-corrected chi connectivity index (χ1v) is 5.46. The molecule has 0 bridgehead atoms. The molecule has 1 atom stereocenters. The van der Waals surface area contributed by atoms with Crippen LogP contribution in [0.1, 0.15) is 20.8 Å². The van der Waals surface area contributed by atoms with Gasteiger partial charge in [0.05, 0.1) is 5.69 Å². The van der Waals surface area contributed by atoms with Crippen LogP contribution in [0.5, 0.6) is 0 Å². The topological polar surface area (TPSA) is 42.2 Å². The van der Waals surface area contributed by atoms with Crippen LogP contribution >= 0.6 is 11.6 Å². The lowest BCUT2D eigenvalue weighted by molar-refractivity contribution is 0.503. The summed E-state index contributed by atoms with van der Waals surface area (Å²) in [6.45, 7) is 6.48. The molecule has 1 unspecified atom stereocenters. The normalized spacial score (nSPS) is 12.9. The predicted octanol–water partition coefficient (Wildman–Crippen LogP) is 2.80. The van der Waals surface area contributed by atoms with E-state index in [-0.39, 0.29) is 0 Å². The molecule has 0 fully saturated rings. The minimum Gasteiger partial charge on any atom is -0.396 e. The van der Waals surface area contributed by atoms with Crippen LogP contribution in [0, 0.1) is 5.92 Å². The lowest BCUT2D eigenvalue weighted by Crippen LogP contribution is -2.34. The number of nitrogen functional groups attached to an aromatic ring is 1. The second-order valence-corrected chi connectivity index (χ2v) is 4.53. The number of nitrogens with zero attached hydrogens (tertiary/aromatic N) is 2. The molecule has 0 saturated carbocycles. The van der Waals surface area contributed by atoms with Gasteiger partial charge in [0.25, 0.3) is 0 Å². The predicted molar refractivity (Wildman–Crippen MR) is 66.4 cm³/mol. The zero-order valence-electron chi connectivity index (χ0n) is 9.66. The van der Waals surface area contributed by atoms with Crippen molar-refractivity contribution in [3.05, 3.63) is 17.3 Å². The first kappa shape index (κ1) is 12.1. The maximum atomic E-state index is 5.87. The van der Waals surface area contributed by atoms with Gasteiger partial charge in [-0.15, -0.1) is 0 Å². The maximum Gasteiger partial charge on any atom is 0.153 e. The second kappa shape index (κ2) is 4.71. The third kappa shape index (κ3) is 2.75. The number of hydrogen-bond donors (Lipinski definition) is 1. The van der Waals surface area contributed by atoms with Crippen molar-refractivity contribution in [2.75, 3.05) is 17.7 Å². The summed E-state index contributed by atoms with van der Waals surface area (Å²) in [7, 11) is 1.99. The van der Waals surface area contributed by atoms with Crippen molar-refractivity contribution in [2.24, 2.45) is 5.92 Å². The van der Waals surface area contributed by atoms with Gasteiger partial charge in [-0.25, -0.2) is 4.98 Å². The summed E-state index contributed by atoms with van der Waals surface area (Å²) >= 11 is 5.85. The zero-order valence-corrected chi connectivity index (χ0v) is 10.4. The lowest BCUT2D eigenvalue weighted by atomic mass is 10.1. The zero-order chi connectivity index (χ0) is 11.6. The molecule has 1 aromatic heterocycles. The molecule has 0 amide bonds. The van der Waals surface area contributed by atoms with E-state index in [9.17, 15) is 0 Å². The minimum absolute atomic E-state index is 0.373. The van der Waals surface area contributed by atoms with Crippen molar-refractivity contribution >= 4 is 23.1 Å². The molecule has 0 aliphatic heterocycles. The monoisotopic (exact) mass is 227 g/mol. The maximum absolute atomic E-state index is 5.87. The molecule has 0 aliphatic rings. The van der Waals surface area contributed by atoms with Crippen LogP contribution in [-0.2, 0) is 0 Å². The summed E-state index contributed by atoms with van der Waals surface area (Å²) in [6, 6.07) is 3.86. The summed E-state index contributed by atoms with van der Waals surface area (Å²) in [4.78, 5) is 6.30. The summed E-state index contributed by atoms with van der Waals surface area (Å²) in [6.07, 6.45) is 0. The standard InChI is InChI=1S/C11H18ClN3/c1-7(2)8(3)15(4)11-9(13)5-6-10(12)14-11/h5-8H,13H2,1-4H3. The Labute approximate surface area is 96.2 Å². The fourth-order valence-corrected chi connectivity index (χ4v) is 1.50. The van der Waals surface area contributed by atoms with Gasteiger partial charge in [0.2, 0.25) is 0 Å². The van der Waals surface area contributed by atoms with Gasteiger partial charge in [-0.1, -0.05) is 25.4 Å². The van der Waals surface area contributed by atoms with Crippen molar-refractivity contribution in [3.8, 4) is 0 Å². The Morgan fingerprint density at radius 3 is 2.47 bits per heavy atom. The first-order valence-electron chi connectivity index (χ1n) is 5.08. The molecule has 1 heterocycles. The van der Waals surface area contributed by atoms with Crippen molar-refractivity contribution in [1.29, 1.82) is 0 Å². The number of aromatic nitrogens is 1. The fraction of sp³-hybridized carbons (Fsp3) is 0.545. The highest BCUT2D eigenvalue weighted by molar-refractivity contribution is 6.29. The van der Waals surface area contributed by atoms with Gasteiger partial charge >= 0.3 is 0 Å². The van der Waals surface area contributed by atoms with Crippen LogP contribution in [0.15, 0.2) is 12.1 Å². The molecule has 3 nitrogen and oxygen atoms in total. The van der Waals surface area contributed by atoms with Gasteiger partial charge in [-0.3, -0.25) is 0 Å². The van der Waals surface area contributed by atoms with Gasteiger partial charge < -0.3 is 10.6 Å². The fourth-order valence-electron chi connectivity index (χ4n) is 1.36. The Hall–Kier alpha value is -0.960. The summed E-state index contributed by atoms with van der Waals surface area (Å²) < 4.78 is 0. The highest BCUT2D eigenvalue weighted by Gasteiger charge is 2.16. The minimum atomic E-state index is 0.373. The lowest BCUT2D eigenvalue weighted by Gasteiger charge is -2.29. The molecule has 1 rings (SSSR count). The Kier molecular flexibility index (Phi) is 3.80. The molecule has 0 radical (unpaired) electrons. The molecule has 0 spiro atoms. The highest BCUT2D eigenvalue weighted by atomic mass is 35.5. The van der Waals surface area contributed by atoms with Crippen LogP contribution in [0.4, 0.5) is 11.5 Å². The number of pyridine rings is 1. The third-order valence-electron chi connectivity index (χ3n) is 2.78. The molecule has 0 saturated heterocycles. The molecule has 4 heteroatoms. The summed E-state index contributed by atoms with van der Waals surface area (Å²) in [5.41, 5.74) is 6.53. The van der Waals surface area contributed by atoms with E-state index in [0.29, 0.717) is 22.8 Å². The van der Waals surface area contributed by atoms with E-state index in [1.165, 1.54) is 0 Å². The quantitative estimate of drug-likeness (QED) is 0.808. The van der Waals surface area contributed by atoms with E-state index in [4.69, 9.17) is 17.3 Å². The van der Waals surface area contributed by atoms with E-state index >= 15 is 0 Å². The van der Waals surface area contributed by atoms with Gasteiger partial charge in [-0.2, -0.15) is 0 Å². The number of anilines is 2. The number of nitrogens with two attached hydrogens (primary N) is 1. The van der Waals surface area contributed by atoms with Crippen molar-refractivity contribution in [3.63, 3.8) is 0 Å². The first-order chi connectivity index (χ1) is 6.93. The number of halogens is 1. The van der Waals surface area contributed by atoms with Crippen LogP contribution < -0.4 is 10.6 Å². The van der Waals surface area contributed by atoms with Gasteiger partial charge in [0.15, 0.2) is 5.82 Å². The van der Waals surface area contributed by atoms with Gasteiger partial charge in [-0.05, 0) is 25.0 Å². The molecule has 2 N–H and O–H groups in total. The van der Waals surface area contributed by atoms with E-state index < -0.39 is 0 Å². The van der Waals surface area contributed by atoms with E-state index in [1.807, 2.05) is 7.05 Å². The van der Waals surface area contributed by atoms with E-state index in [0.717, 1.165) is 5.82 Å².